The number of nitrogen functional groups attached to an aromatic ring is 2. The molecule has 0 aliphatic heterocycles. The molecule has 6 nitrogen and oxygen atoms in total. The van der Waals surface area contributed by atoms with Crippen LogP contribution in [0.2, 0.25) is 0 Å². The number of nitrogens with zero attached hydrogens (tertiary/aromatic N) is 1. The second kappa shape index (κ2) is 7.74. The van der Waals surface area contributed by atoms with E-state index in [0.29, 0.717) is 36.1 Å². The maximum Gasteiger partial charge on any atom is 0.253 e. The Hall–Kier alpha value is -2.60. The minimum absolute atomic E-state index is 0.228. The number of nitrogens with two attached hydrogens (primary N) is 3. The Morgan fingerprint density at radius 1 is 1.19 bits per heavy atom. The highest BCUT2D eigenvalue weighted by atomic mass is 16.1. The van der Waals surface area contributed by atoms with Crippen LogP contribution in [0.25, 0.3) is 0 Å². The third-order valence-corrected chi connectivity index (χ3v) is 4.67. The summed E-state index contributed by atoms with van der Waals surface area (Å²) < 4.78 is 0. The molecule has 7 N–H and O–H groups in total. The Labute approximate surface area is 155 Å². The molecule has 6 heteroatoms. The Kier molecular flexibility index (Phi) is 5.87. The Morgan fingerprint density at radius 3 is 2.46 bits per heavy atom. The molecule has 1 amide bonds. The smallest absolute Gasteiger partial charge is 0.253 e. The molecule has 0 radical (unpaired) electrons. The van der Waals surface area contributed by atoms with Gasteiger partial charge in [0, 0.05) is 24.2 Å². The van der Waals surface area contributed by atoms with Crippen molar-refractivity contribution in [3.05, 3.63) is 52.7 Å². The molecule has 0 aliphatic carbocycles. The van der Waals surface area contributed by atoms with E-state index in [-0.39, 0.29) is 5.91 Å². The van der Waals surface area contributed by atoms with Gasteiger partial charge in [-0.2, -0.15) is 0 Å². The van der Waals surface area contributed by atoms with E-state index < -0.39 is 5.41 Å². The summed E-state index contributed by atoms with van der Waals surface area (Å²) in [5.74, 6) is 0.605. The van der Waals surface area contributed by atoms with E-state index >= 15 is 0 Å². The van der Waals surface area contributed by atoms with Crippen LogP contribution >= 0.6 is 0 Å². The highest BCUT2D eigenvalue weighted by molar-refractivity contribution is 6.00. The fraction of sp³-hybridized carbons (Fsp3) is 0.400. The van der Waals surface area contributed by atoms with Crippen LogP contribution < -0.4 is 22.5 Å². The van der Waals surface area contributed by atoms with Crippen molar-refractivity contribution in [1.29, 1.82) is 0 Å². The zero-order valence-corrected chi connectivity index (χ0v) is 16.0. The molecule has 0 bridgehead atoms. The summed E-state index contributed by atoms with van der Waals surface area (Å²) in [4.78, 5) is 16.9. The lowest BCUT2D eigenvalue weighted by Crippen LogP contribution is -2.30. The topological polar surface area (TPSA) is 120 Å². The molecule has 140 valence electrons. The molecular formula is C20H29N5O. The van der Waals surface area contributed by atoms with Gasteiger partial charge >= 0.3 is 0 Å². The first-order valence-corrected chi connectivity index (χ1v) is 8.84. The molecule has 26 heavy (non-hydrogen) atoms. The van der Waals surface area contributed by atoms with Crippen molar-refractivity contribution in [3.8, 4) is 0 Å². The van der Waals surface area contributed by atoms with E-state index in [1.807, 2.05) is 38.1 Å². The quantitative estimate of drug-likeness (QED) is 0.593. The molecule has 1 aromatic heterocycles. The van der Waals surface area contributed by atoms with Gasteiger partial charge in [-0.05, 0) is 29.2 Å². The third-order valence-electron chi connectivity index (χ3n) is 4.67. The van der Waals surface area contributed by atoms with E-state index in [4.69, 9.17) is 17.2 Å². The minimum atomic E-state index is -0.502. The van der Waals surface area contributed by atoms with Gasteiger partial charge in [0.1, 0.15) is 5.82 Å². The Morgan fingerprint density at radius 2 is 1.88 bits per heavy atom. The molecule has 2 aromatic rings. The average Bonchev–Trinajstić information content (AvgIpc) is 2.59. The maximum absolute atomic E-state index is 12.3. The monoisotopic (exact) mass is 355 g/mol. The van der Waals surface area contributed by atoms with Crippen molar-refractivity contribution in [3.63, 3.8) is 0 Å². The molecule has 0 spiro atoms. The van der Waals surface area contributed by atoms with Crippen LogP contribution in [0.5, 0.6) is 0 Å². The van der Waals surface area contributed by atoms with Crippen molar-refractivity contribution < 1.29 is 4.79 Å². The number of hydrogen-bond donors (Lipinski definition) is 4. The SMILES string of the molecule is CC(C)c1ccc(C(C)(C)c2cccc(C(=O)NCCN)c2N)nc1N. The van der Waals surface area contributed by atoms with Crippen LogP contribution in [0.1, 0.15) is 60.8 Å². The standard InChI is InChI=1S/C20H29N5O/c1-12(2)13-8-9-16(25-18(13)23)20(3,4)15-7-5-6-14(17(15)22)19(26)24-11-10-21/h5-9,12H,10-11,21-22H2,1-4H3,(H2,23,25)(H,24,26). The maximum atomic E-state index is 12.3. The number of carbonyl (C=O) groups is 1. The number of nitrogens with one attached hydrogen (secondary N) is 1. The number of aromatic nitrogens is 1. The van der Waals surface area contributed by atoms with Gasteiger partial charge in [-0.3, -0.25) is 4.79 Å². The molecule has 1 heterocycles. The van der Waals surface area contributed by atoms with Crippen molar-refractivity contribution in [1.82, 2.24) is 10.3 Å². The first kappa shape index (κ1) is 19.7. The largest absolute Gasteiger partial charge is 0.398 e. The second-order valence-corrected chi connectivity index (χ2v) is 7.26. The number of carbonyl (C=O) groups excluding carboxylic acids is 1. The molecule has 0 unspecified atom stereocenters. The average molecular weight is 355 g/mol. The molecule has 0 aliphatic rings. The molecule has 0 atom stereocenters. The van der Waals surface area contributed by atoms with Gasteiger partial charge in [-0.1, -0.05) is 45.9 Å². The highest BCUT2D eigenvalue weighted by Gasteiger charge is 2.29. The van der Waals surface area contributed by atoms with Crippen molar-refractivity contribution in [2.75, 3.05) is 24.6 Å². The molecule has 2 rings (SSSR count). The van der Waals surface area contributed by atoms with Crippen molar-refractivity contribution >= 4 is 17.4 Å². The van der Waals surface area contributed by atoms with Gasteiger partial charge in [0.25, 0.3) is 5.91 Å². The summed E-state index contributed by atoms with van der Waals surface area (Å²) >= 11 is 0. The normalized spacial score (nSPS) is 11.6. The van der Waals surface area contributed by atoms with Gasteiger partial charge in [0.05, 0.1) is 11.3 Å². The lowest BCUT2D eigenvalue weighted by Gasteiger charge is -2.28. The van der Waals surface area contributed by atoms with Crippen LogP contribution in [0.15, 0.2) is 30.3 Å². The predicted octanol–water partition coefficient (Wildman–Crippen LogP) is 2.38. The van der Waals surface area contributed by atoms with E-state index in [1.54, 1.807) is 6.07 Å². The summed E-state index contributed by atoms with van der Waals surface area (Å²) in [6.07, 6.45) is 0. The van der Waals surface area contributed by atoms with E-state index in [9.17, 15) is 4.79 Å². The predicted molar refractivity (Wildman–Crippen MR) is 107 cm³/mol. The molecular weight excluding hydrogens is 326 g/mol. The number of anilines is 2. The second-order valence-electron chi connectivity index (χ2n) is 7.26. The summed E-state index contributed by atoms with van der Waals surface area (Å²) in [5, 5.41) is 2.76. The summed E-state index contributed by atoms with van der Waals surface area (Å²) in [7, 11) is 0. The van der Waals surface area contributed by atoms with Gasteiger partial charge in [-0.25, -0.2) is 4.98 Å². The van der Waals surface area contributed by atoms with Gasteiger partial charge in [0.2, 0.25) is 0 Å². The van der Waals surface area contributed by atoms with E-state index in [1.165, 1.54) is 0 Å². The van der Waals surface area contributed by atoms with Crippen LogP contribution in [0.4, 0.5) is 11.5 Å². The van der Waals surface area contributed by atoms with Crippen LogP contribution in [-0.2, 0) is 5.41 Å². The summed E-state index contributed by atoms with van der Waals surface area (Å²) in [6.45, 7) is 9.00. The minimum Gasteiger partial charge on any atom is -0.398 e. The van der Waals surface area contributed by atoms with E-state index in [2.05, 4.69) is 24.1 Å². The van der Waals surface area contributed by atoms with Crippen molar-refractivity contribution in [2.45, 2.75) is 39.0 Å². The fourth-order valence-corrected chi connectivity index (χ4v) is 3.05. The molecule has 0 saturated carbocycles. The Bertz CT molecular complexity index is 799. The summed E-state index contributed by atoms with van der Waals surface area (Å²) in [6, 6.07) is 9.45. The molecule has 0 saturated heterocycles. The van der Waals surface area contributed by atoms with Gasteiger partial charge in [0.15, 0.2) is 0 Å². The highest BCUT2D eigenvalue weighted by Crippen LogP contribution is 2.36. The third kappa shape index (κ3) is 3.80. The number of amides is 1. The van der Waals surface area contributed by atoms with Crippen LogP contribution in [-0.4, -0.2) is 24.0 Å². The van der Waals surface area contributed by atoms with Gasteiger partial charge < -0.3 is 22.5 Å². The fourth-order valence-electron chi connectivity index (χ4n) is 3.05. The number of para-hydroxylation sites is 1. The van der Waals surface area contributed by atoms with Crippen molar-refractivity contribution in [2.24, 2.45) is 5.73 Å². The lowest BCUT2D eigenvalue weighted by atomic mass is 9.79. The number of rotatable bonds is 6. The number of benzene rings is 1. The number of hydrogen-bond acceptors (Lipinski definition) is 5. The first-order valence-electron chi connectivity index (χ1n) is 8.84. The van der Waals surface area contributed by atoms with Crippen LogP contribution in [0.3, 0.4) is 0 Å². The Balaban J connectivity index is 2.46. The number of pyridine rings is 1. The van der Waals surface area contributed by atoms with Crippen LogP contribution in [0, 0.1) is 0 Å². The molecule has 0 fully saturated rings. The molecule has 1 aromatic carbocycles. The lowest BCUT2D eigenvalue weighted by molar-refractivity contribution is 0.0955. The summed E-state index contributed by atoms with van der Waals surface area (Å²) in [5.41, 5.74) is 21.0. The zero-order valence-electron chi connectivity index (χ0n) is 16.0. The zero-order chi connectivity index (χ0) is 19.5. The van der Waals surface area contributed by atoms with Gasteiger partial charge in [-0.15, -0.1) is 0 Å². The first-order chi connectivity index (χ1) is 12.2. The van der Waals surface area contributed by atoms with E-state index in [0.717, 1.165) is 16.8 Å².